The number of fused-ring (bicyclic) bond motifs is 1. The largest absolute Gasteiger partial charge is 0.339 e. The molecule has 1 fully saturated rings. The van der Waals surface area contributed by atoms with Crippen molar-refractivity contribution in [2.75, 3.05) is 36.4 Å². The maximum atomic E-state index is 13.2. The molecule has 4 heterocycles. The van der Waals surface area contributed by atoms with Crippen LogP contribution in [0.4, 0.5) is 17.6 Å². The number of aryl methyl sites for hydroxylation is 1. The molecule has 9 heteroatoms. The van der Waals surface area contributed by atoms with Crippen molar-refractivity contribution in [1.29, 1.82) is 0 Å². The summed E-state index contributed by atoms with van der Waals surface area (Å²) >= 11 is 0. The monoisotopic (exact) mass is 444 g/mol. The second-order valence-electron chi connectivity index (χ2n) is 8.34. The van der Waals surface area contributed by atoms with Crippen LogP contribution >= 0.6 is 0 Å². The summed E-state index contributed by atoms with van der Waals surface area (Å²) < 4.78 is 1.82. The number of hydrogen-bond acceptors (Lipinski definition) is 6. The average Bonchev–Trinajstić information content (AvgIpc) is 3.49. The fraction of sp³-hybridized carbons (Fsp3) is 0.333. The third-order valence-electron chi connectivity index (χ3n) is 6.11. The summed E-state index contributed by atoms with van der Waals surface area (Å²) in [6, 6.07) is 15.9. The van der Waals surface area contributed by atoms with E-state index >= 15 is 0 Å². The maximum Gasteiger partial charge on any atom is 0.245 e. The van der Waals surface area contributed by atoms with Crippen LogP contribution in [0.2, 0.25) is 0 Å². The van der Waals surface area contributed by atoms with Gasteiger partial charge in [0, 0.05) is 44.1 Å². The molecule has 1 amide bonds. The number of rotatable bonds is 6. The van der Waals surface area contributed by atoms with Crippen molar-refractivity contribution in [2.45, 2.75) is 26.2 Å². The Morgan fingerprint density at radius 3 is 2.61 bits per heavy atom. The number of aromatic nitrogens is 5. The van der Waals surface area contributed by atoms with E-state index in [1.54, 1.807) is 0 Å². The van der Waals surface area contributed by atoms with E-state index in [1.807, 2.05) is 71.1 Å². The Hall–Kier alpha value is -3.88. The molecule has 1 aliphatic rings. The summed E-state index contributed by atoms with van der Waals surface area (Å²) in [6.45, 7) is 6.70. The molecular weight excluding hydrogens is 416 g/mol. The molecule has 0 aliphatic carbocycles. The van der Waals surface area contributed by atoms with Crippen molar-refractivity contribution in [3.8, 4) is 0 Å². The minimum absolute atomic E-state index is 0.0988. The highest BCUT2D eigenvalue weighted by Crippen LogP contribution is 2.25. The first-order valence-electron chi connectivity index (χ1n) is 11.4. The first-order valence-corrected chi connectivity index (χ1v) is 11.4. The van der Waals surface area contributed by atoms with Gasteiger partial charge in [-0.2, -0.15) is 10.1 Å². The Labute approximate surface area is 192 Å². The van der Waals surface area contributed by atoms with Crippen LogP contribution in [-0.2, 0) is 4.79 Å². The molecule has 9 nitrogen and oxygen atoms in total. The zero-order chi connectivity index (χ0) is 22.8. The summed E-state index contributed by atoms with van der Waals surface area (Å²) in [7, 11) is 0. The SMILES string of the molecule is CCC(C(=O)N1CCN(c2nc(Nc3cc(C)[nH]n3)c3cccn3n2)CC1)c1ccccc1. The molecule has 3 aromatic heterocycles. The van der Waals surface area contributed by atoms with Gasteiger partial charge in [0.25, 0.3) is 0 Å². The summed E-state index contributed by atoms with van der Waals surface area (Å²) in [5.41, 5.74) is 2.93. The Balaban J connectivity index is 1.31. The fourth-order valence-corrected chi connectivity index (χ4v) is 4.34. The van der Waals surface area contributed by atoms with Crippen molar-refractivity contribution in [1.82, 2.24) is 29.7 Å². The minimum atomic E-state index is -0.0988. The van der Waals surface area contributed by atoms with Crippen LogP contribution in [0, 0.1) is 6.92 Å². The van der Waals surface area contributed by atoms with E-state index in [0.29, 0.717) is 43.8 Å². The van der Waals surface area contributed by atoms with Crippen molar-refractivity contribution >= 4 is 29.0 Å². The van der Waals surface area contributed by atoms with E-state index in [4.69, 9.17) is 10.1 Å². The number of carbonyl (C=O) groups excluding carboxylic acids is 1. The number of anilines is 3. The Morgan fingerprint density at radius 1 is 1.12 bits per heavy atom. The number of nitrogens with one attached hydrogen (secondary N) is 2. The van der Waals surface area contributed by atoms with Crippen molar-refractivity contribution < 1.29 is 4.79 Å². The van der Waals surface area contributed by atoms with Crippen LogP contribution in [0.3, 0.4) is 0 Å². The van der Waals surface area contributed by atoms with E-state index in [1.165, 1.54) is 0 Å². The Morgan fingerprint density at radius 2 is 1.91 bits per heavy atom. The second kappa shape index (κ2) is 8.93. The van der Waals surface area contributed by atoms with Crippen molar-refractivity contribution in [2.24, 2.45) is 0 Å². The lowest BCUT2D eigenvalue weighted by Crippen LogP contribution is -2.50. The number of aromatic amines is 1. The molecule has 0 bridgehead atoms. The van der Waals surface area contributed by atoms with Crippen LogP contribution in [0.25, 0.3) is 5.52 Å². The number of carbonyl (C=O) groups is 1. The molecule has 0 radical (unpaired) electrons. The zero-order valence-corrected chi connectivity index (χ0v) is 18.9. The van der Waals surface area contributed by atoms with Gasteiger partial charge < -0.3 is 15.1 Å². The summed E-state index contributed by atoms with van der Waals surface area (Å²) in [4.78, 5) is 22.1. The summed E-state index contributed by atoms with van der Waals surface area (Å²) in [6.07, 6.45) is 2.70. The van der Waals surface area contributed by atoms with Crippen LogP contribution in [0.15, 0.2) is 54.7 Å². The predicted octanol–water partition coefficient (Wildman–Crippen LogP) is 3.35. The van der Waals surface area contributed by atoms with Crippen LogP contribution in [0.1, 0.15) is 30.5 Å². The lowest BCUT2D eigenvalue weighted by Gasteiger charge is -2.36. The number of H-pyrrole nitrogens is 1. The van der Waals surface area contributed by atoms with Gasteiger partial charge in [0.05, 0.1) is 5.92 Å². The van der Waals surface area contributed by atoms with Crippen LogP contribution in [0.5, 0.6) is 0 Å². The number of amides is 1. The van der Waals surface area contributed by atoms with Gasteiger partial charge in [-0.05, 0) is 31.0 Å². The van der Waals surface area contributed by atoms with E-state index in [-0.39, 0.29) is 11.8 Å². The van der Waals surface area contributed by atoms with Crippen molar-refractivity contribution in [3.63, 3.8) is 0 Å². The highest BCUT2D eigenvalue weighted by molar-refractivity contribution is 5.84. The smallest absolute Gasteiger partial charge is 0.245 e. The number of hydrogen-bond donors (Lipinski definition) is 2. The van der Waals surface area contributed by atoms with Gasteiger partial charge in [-0.15, -0.1) is 5.10 Å². The Kier molecular flexibility index (Phi) is 5.68. The molecule has 33 heavy (non-hydrogen) atoms. The normalized spacial score (nSPS) is 15.1. The molecule has 1 saturated heterocycles. The first-order chi connectivity index (χ1) is 16.1. The predicted molar refractivity (Wildman–Crippen MR) is 128 cm³/mol. The van der Waals surface area contributed by atoms with Crippen LogP contribution in [-0.4, -0.2) is 61.8 Å². The molecule has 1 aromatic carbocycles. The molecule has 4 aromatic rings. The maximum absolute atomic E-state index is 13.2. The summed E-state index contributed by atoms with van der Waals surface area (Å²) in [5.74, 6) is 2.14. The third-order valence-corrected chi connectivity index (χ3v) is 6.11. The summed E-state index contributed by atoms with van der Waals surface area (Å²) in [5, 5.41) is 15.2. The molecule has 5 rings (SSSR count). The van der Waals surface area contributed by atoms with Gasteiger partial charge in [-0.25, -0.2) is 4.52 Å². The van der Waals surface area contributed by atoms with Gasteiger partial charge in [0.1, 0.15) is 5.52 Å². The molecule has 1 atom stereocenters. The second-order valence-corrected chi connectivity index (χ2v) is 8.34. The van der Waals surface area contributed by atoms with Gasteiger partial charge in [-0.3, -0.25) is 9.89 Å². The lowest BCUT2D eigenvalue weighted by molar-refractivity contribution is -0.133. The fourth-order valence-electron chi connectivity index (χ4n) is 4.34. The third kappa shape index (κ3) is 4.26. The van der Waals surface area contributed by atoms with Gasteiger partial charge in [-0.1, -0.05) is 37.3 Å². The zero-order valence-electron chi connectivity index (χ0n) is 18.9. The van der Waals surface area contributed by atoms with E-state index in [0.717, 1.165) is 23.2 Å². The molecule has 1 unspecified atom stereocenters. The molecule has 1 aliphatic heterocycles. The van der Waals surface area contributed by atoms with Crippen LogP contribution < -0.4 is 10.2 Å². The first kappa shape index (κ1) is 21.0. The quantitative estimate of drug-likeness (QED) is 0.474. The average molecular weight is 445 g/mol. The highest BCUT2D eigenvalue weighted by atomic mass is 16.2. The highest BCUT2D eigenvalue weighted by Gasteiger charge is 2.28. The van der Waals surface area contributed by atoms with E-state index in [2.05, 4.69) is 27.3 Å². The lowest BCUT2D eigenvalue weighted by atomic mass is 9.95. The number of piperazine rings is 1. The van der Waals surface area contributed by atoms with Gasteiger partial charge in [0.15, 0.2) is 11.6 Å². The number of nitrogens with zero attached hydrogens (tertiary/aromatic N) is 6. The van der Waals surface area contributed by atoms with Gasteiger partial charge >= 0.3 is 0 Å². The molecule has 2 N–H and O–H groups in total. The molecule has 0 spiro atoms. The van der Waals surface area contributed by atoms with E-state index in [9.17, 15) is 4.79 Å². The Bertz CT molecular complexity index is 1240. The number of benzene rings is 1. The standard InChI is InChI=1S/C24H28N8O/c1-3-19(18-8-5-4-6-9-18)23(33)30-12-14-31(15-13-30)24-26-22(20-10-7-11-32(20)29-24)25-21-16-17(2)27-28-21/h4-11,16,19H,3,12-15H2,1-2H3,(H2,25,26,27,28,29). The van der Waals surface area contributed by atoms with E-state index < -0.39 is 0 Å². The van der Waals surface area contributed by atoms with Crippen molar-refractivity contribution in [3.05, 3.63) is 66.0 Å². The minimum Gasteiger partial charge on any atom is -0.339 e. The van der Waals surface area contributed by atoms with Gasteiger partial charge in [0.2, 0.25) is 11.9 Å². The molecule has 170 valence electrons. The molecular formula is C24H28N8O. The topological polar surface area (TPSA) is 94.5 Å². The molecule has 0 saturated carbocycles.